The molecule has 0 aromatic heterocycles. The van der Waals surface area contributed by atoms with Crippen molar-refractivity contribution < 1.29 is 14.4 Å². The van der Waals surface area contributed by atoms with Crippen molar-refractivity contribution in [3.8, 4) is 0 Å². The van der Waals surface area contributed by atoms with Crippen LogP contribution in [0.15, 0.2) is 30.3 Å². The van der Waals surface area contributed by atoms with Gasteiger partial charge in [-0.1, -0.05) is 36.8 Å². The summed E-state index contributed by atoms with van der Waals surface area (Å²) in [6.45, 7) is 4.10. The molecule has 0 amide bonds. The first kappa shape index (κ1) is 16.5. The van der Waals surface area contributed by atoms with E-state index in [0.717, 1.165) is 36.5 Å². The van der Waals surface area contributed by atoms with Gasteiger partial charge in [0.1, 0.15) is 6.54 Å². The fourth-order valence-electron chi connectivity index (χ4n) is 4.63. The molecule has 3 rings (SSSR count). The second kappa shape index (κ2) is 7.02. The average molecular weight is 317 g/mol. The average Bonchev–Trinajstić information content (AvgIpc) is 2.43. The summed E-state index contributed by atoms with van der Waals surface area (Å²) in [5, 5.41) is 9.20. The van der Waals surface area contributed by atoms with Crippen LogP contribution < -0.4 is 5.73 Å². The molecular formula is C19H29N2O2+. The molecule has 4 nitrogen and oxygen atoms in total. The third kappa shape index (κ3) is 4.33. The zero-order chi connectivity index (χ0) is 16.3. The minimum atomic E-state index is -0.689. The maximum Gasteiger partial charge on any atom is 0.303 e. The predicted molar refractivity (Wildman–Crippen MR) is 90.7 cm³/mol. The van der Waals surface area contributed by atoms with Gasteiger partial charge in [-0.3, -0.25) is 4.79 Å². The molecule has 3 N–H and O–H groups in total. The summed E-state index contributed by atoms with van der Waals surface area (Å²) in [5.41, 5.74) is 7.70. The van der Waals surface area contributed by atoms with Gasteiger partial charge < -0.3 is 15.3 Å². The smallest absolute Gasteiger partial charge is 0.303 e. The lowest BCUT2D eigenvalue weighted by molar-refractivity contribution is -0.952. The zero-order valence-corrected chi connectivity index (χ0v) is 13.9. The number of carboxylic acid groups (broad SMARTS) is 1. The fourth-order valence-corrected chi connectivity index (χ4v) is 4.63. The van der Waals surface area contributed by atoms with Crippen LogP contribution in [0.1, 0.15) is 37.7 Å². The van der Waals surface area contributed by atoms with Crippen LogP contribution in [0.3, 0.4) is 0 Å². The molecule has 2 fully saturated rings. The molecule has 1 saturated heterocycles. The van der Waals surface area contributed by atoms with Gasteiger partial charge in [0.15, 0.2) is 0 Å². The molecule has 0 spiro atoms. The van der Waals surface area contributed by atoms with Crippen molar-refractivity contribution in [2.75, 3.05) is 19.6 Å². The Balaban J connectivity index is 1.79. The van der Waals surface area contributed by atoms with E-state index in [0.29, 0.717) is 0 Å². The van der Waals surface area contributed by atoms with Gasteiger partial charge in [-0.05, 0) is 19.3 Å². The van der Waals surface area contributed by atoms with Crippen molar-refractivity contribution in [2.24, 2.45) is 17.6 Å². The normalized spacial score (nSPS) is 31.5. The van der Waals surface area contributed by atoms with Gasteiger partial charge in [-0.15, -0.1) is 0 Å². The van der Waals surface area contributed by atoms with Gasteiger partial charge in [-0.25, -0.2) is 0 Å². The third-order valence-corrected chi connectivity index (χ3v) is 5.60. The molecular weight excluding hydrogens is 288 g/mol. The summed E-state index contributed by atoms with van der Waals surface area (Å²) < 4.78 is 0.980. The highest BCUT2D eigenvalue weighted by atomic mass is 16.4. The zero-order valence-electron chi connectivity index (χ0n) is 13.9. The van der Waals surface area contributed by atoms with Crippen LogP contribution in [0.5, 0.6) is 0 Å². The molecule has 1 aromatic carbocycles. The van der Waals surface area contributed by atoms with Crippen molar-refractivity contribution >= 4 is 5.97 Å². The number of nitrogens with zero attached hydrogens (tertiary/aromatic N) is 1. The Bertz CT molecular complexity index is 529. The molecule has 1 aliphatic heterocycles. The number of carboxylic acids is 1. The Kier molecular flexibility index (Phi) is 5.02. The van der Waals surface area contributed by atoms with E-state index in [1.807, 2.05) is 0 Å². The van der Waals surface area contributed by atoms with E-state index < -0.39 is 5.97 Å². The number of rotatable bonds is 6. The van der Waals surface area contributed by atoms with Gasteiger partial charge in [0.05, 0.1) is 32.1 Å². The molecule has 0 radical (unpaired) electrons. The van der Waals surface area contributed by atoms with E-state index in [1.165, 1.54) is 31.4 Å². The highest BCUT2D eigenvalue weighted by Gasteiger charge is 2.41. The maximum atomic E-state index is 11.2. The number of quaternary nitrogens is 1. The Labute approximate surface area is 138 Å². The second-order valence-electron chi connectivity index (χ2n) is 7.79. The van der Waals surface area contributed by atoms with Gasteiger partial charge in [-0.2, -0.15) is 0 Å². The van der Waals surface area contributed by atoms with Crippen LogP contribution in [0.2, 0.25) is 0 Å². The fraction of sp³-hybridized carbons (Fsp3) is 0.632. The molecule has 1 aliphatic carbocycles. The summed E-state index contributed by atoms with van der Waals surface area (Å²) in [6.07, 6.45) is 5.11. The van der Waals surface area contributed by atoms with E-state index in [1.54, 1.807) is 0 Å². The summed E-state index contributed by atoms with van der Waals surface area (Å²) in [7, 11) is 0. The predicted octanol–water partition coefficient (Wildman–Crippen LogP) is 2.63. The monoisotopic (exact) mass is 317 g/mol. The first-order valence-electron chi connectivity index (χ1n) is 8.91. The number of hydrogen-bond acceptors (Lipinski definition) is 2. The topological polar surface area (TPSA) is 63.3 Å². The number of aliphatic carboxylic acids is 1. The van der Waals surface area contributed by atoms with E-state index in [2.05, 4.69) is 30.3 Å². The summed E-state index contributed by atoms with van der Waals surface area (Å²) >= 11 is 0. The quantitative estimate of drug-likeness (QED) is 0.793. The number of benzene rings is 1. The van der Waals surface area contributed by atoms with Crippen molar-refractivity contribution in [1.82, 2.24) is 0 Å². The van der Waals surface area contributed by atoms with Crippen molar-refractivity contribution in [3.05, 3.63) is 35.9 Å². The van der Waals surface area contributed by atoms with Gasteiger partial charge in [0.25, 0.3) is 0 Å². The van der Waals surface area contributed by atoms with Crippen LogP contribution in [0.25, 0.3) is 0 Å². The highest BCUT2D eigenvalue weighted by molar-refractivity contribution is 5.67. The minimum Gasteiger partial charge on any atom is -0.481 e. The Morgan fingerprint density at radius 3 is 2.52 bits per heavy atom. The summed E-state index contributed by atoms with van der Waals surface area (Å²) in [6, 6.07) is 10.7. The van der Waals surface area contributed by atoms with Gasteiger partial charge >= 0.3 is 5.97 Å². The van der Waals surface area contributed by atoms with E-state index in [9.17, 15) is 9.90 Å². The lowest BCUT2D eigenvalue weighted by atomic mass is 9.82. The maximum absolute atomic E-state index is 11.2. The minimum absolute atomic E-state index is 0.122. The van der Waals surface area contributed by atoms with Crippen molar-refractivity contribution in [2.45, 2.75) is 44.7 Å². The molecule has 3 unspecified atom stereocenters. The first-order valence-corrected chi connectivity index (χ1v) is 8.91. The van der Waals surface area contributed by atoms with Gasteiger partial charge in [0.2, 0.25) is 0 Å². The van der Waals surface area contributed by atoms with E-state index in [4.69, 9.17) is 5.73 Å². The Hall–Kier alpha value is -1.39. The SMILES string of the molecule is NC1CC(CC(=O)O)C[N+](Cc2ccccc2)(CC2CCC2)C1. The highest BCUT2D eigenvalue weighted by Crippen LogP contribution is 2.35. The van der Waals surface area contributed by atoms with Crippen LogP contribution in [0, 0.1) is 11.8 Å². The third-order valence-electron chi connectivity index (χ3n) is 5.60. The van der Waals surface area contributed by atoms with Crippen molar-refractivity contribution in [1.29, 1.82) is 0 Å². The molecule has 23 heavy (non-hydrogen) atoms. The number of carbonyl (C=O) groups is 1. The second-order valence-corrected chi connectivity index (χ2v) is 7.79. The summed E-state index contributed by atoms with van der Waals surface area (Å²) in [5.74, 6) is 0.320. The van der Waals surface area contributed by atoms with Gasteiger partial charge in [0, 0.05) is 17.4 Å². The molecule has 4 heteroatoms. The van der Waals surface area contributed by atoms with Crippen LogP contribution in [0.4, 0.5) is 0 Å². The number of hydrogen-bond donors (Lipinski definition) is 2. The number of likely N-dealkylation sites (tertiary alicyclic amines) is 1. The first-order chi connectivity index (χ1) is 11.0. The molecule has 3 atom stereocenters. The molecule has 0 bridgehead atoms. The number of piperidine rings is 1. The standard InChI is InChI=1S/C19H28N2O2/c20-18-9-17(10-19(22)23)13-21(14-18,12-16-7-4-8-16)11-15-5-2-1-3-6-15/h1-3,5-6,16-18H,4,7-14,20H2/p+1. The van der Waals surface area contributed by atoms with Crippen molar-refractivity contribution in [3.63, 3.8) is 0 Å². The van der Waals surface area contributed by atoms with Crippen LogP contribution in [-0.2, 0) is 11.3 Å². The molecule has 1 aromatic rings. The summed E-state index contributed by atoms with van der Waals surface area (Å²) in [4.78, 5) is 11.2. The Morgan fingerprint density at radius 1 is 1.17 bits per heavy atom. The lowest BCUT2D eigenvalue weighted by Gasteiger charge is -2.49. The largest absolute Gasteiger partial charge is 0.481 e. The molecule has 126 valence electrons. The van der Waals surface area contributed by atoms with Crippen LogP contribution >= 0.6 is 0 Å². The van der Waals surface area contributed by atoms with E-state index in [-0.39, 0.29) is 18.4 Å². The number of nitrogens with two attached hydrogens (primary N) is 1. The Morgan fingerprint density at radius 2 is 1.91 bits per heavy atom. The molecule has 1 heterocycles. The molecule has 2 aliphatic rings. The lowest BCUT2D eigenvalue weighted by Crippen LogP contribution is -2.62. The van der Waals surface area contributed by atoms with Crippen LogP contribution in [-0.4, -0.2) is 41.2 Å². The molecule has 1 saturated carbocycles. The van der Waals surface area contributed by atoms with E-state index >= 15 is 0 Å².